The van der Waals surface area contributed by atoms with Crippen LogP contribution < -0.4 is 0 Å². The van der Waals surface area contributed by atoms with Gasteiger partial charge < -0.3 is 0 Å². The monoisotopic (exact) mass is 530 g/mol. The lowest BCUT2D eigenvalue weighted by atomic mass is 9.89. The van der Waals surface area contributed by atoms with E-state index in [0.29, 0.717) is 0 Å². The molecular formula is C42H26. The first kappa shape index (κ1) is 23.3. The van der Waals surface area contributed by atoms with Gasteiger partial charge in [-0.15, -0.1) is 0 Å². The van der Waals surface area contributed by atoms with Crippen molar-refractivity contribution < 1.29 is 0 Å². The molecule has 0 saturated heterocycles. The highest BCUT2D eigenvalue weighted by Crippen LogP contribution is 2.53. The summed E-state index contributed by atoms with van der Waals surface area (Å²) in [6, 6.07) is 58.0. The van der Waals surface area contributed by atoms with Crippen molar-refractivity contribution in [2.75, 3.05) is 0 Å². The molecule has 8 aromatic rings. The van der Waals surface area contributed by atoms with E-state index in [2.05, 4.69) is 158 Å². The molecule has 0 nitrogen and oxygen atoms in total. The molecular weight excluding hydrogens is 504 g/mol. The van der Waals surface area contributed by atoms with E-state index in [1.54, 1.807) is 0 Å². The van der Waals surface area contributed by atoms with E-state index in [0.717, 1.165) is 0 Å². The Bertz CT molecular complexity index is 2330. The maximum absolute atomic E-state index is 2.43. The van der Waals surface area contributed by atoms with Gasteiger partial charge in [-0.2, -0.15) is 0 Å². The van der Waals surface area contributed by atoms with Crippen LogP contribution in [-0.2, 0) is 0 Å². The average molecular weight is 531 g/mol. The summed E-state index contributed by atoms with van der Waals surface area (Å²) >= 11 is 0. The van der Waals surface area contributed by atoms with Gasteiger partial charge in [-0.3, -0.25) is 0 Å². The minimum Gasteiger partial charge on any atom is -0.0622 e. The van der Waals surface area contributed by atoms with Crippen LogP contribution >= 0.6 is 0 Å². The summed E-state index contributed by atoms with van der Waals surface area (Å²) in [7, 11) is 0. The third-order valence-corrected chi connectivity index (χ3v) is 8.96. The fourth-order valence-corrected chi connectivity index (χ4v) is 7.08. The molecule has 0 bridgehead atoms. The number of fused-ring (bicyclic) bond motifs is 6. The Labute approximate surface area is 245 Å². The van der Waals surface area contributed by atoms with Crippen LogP contribution in [0.2, 0.25) is 0 Å². The van der Waals surface area contributed by atoms with E-state index >= 15 is 0 Å². The highest BCUT2D eigenvalue weighted by Gasteiger charge is 2.25. The van der Waals surface area contributed by atoms with Gasteiger partial charge in [-0.25, -0.2) is 0 Å². The van der Waals surface area contributed by atoms with Crippen LogP contribution in [-0.4, -0.2) is 0 Å². The third kappa shape index (κ3) is 3.42. The number of hydrogen-bond donors (Lipinski definition) is 0. The van der Waals surface area contributed by atoms with Crippen molar-refractivity contribution in [1.82, 2.24) is 0 Å². The normalized spacial score (nSPS) is 11.8. The first-order valence-corrected chi connectivity index (χ1v) is 14.6. The molecule has 0 aromatic heterocycles. The Kier molecular flexibility index (Phi) is 5.00. The lowest BCUT2D eigenvalue weighted by Crippen LogP contribution is -1.88. The topological polar surface area (TPSA) is 0 Å². The average Bonchev–Trinajstić information content (AvgIpc) is 3.39. The van der Waals surface area contributed by atoms with Crippen molar-refractivity contribution in [2.45, 2.75) is 0 Å². The van der Waals surface area contributed by atoms with Crippen molar-refractivity contribution in [1.29, 1.82) is 0 Å². The van der Waals surface area contributed by atoms with Gasteiger partial charge in [0.25, 0.3) is 0 Å². The van der Waals surface area contributed by atoms with E-state index in [-0.39, 0.29) is 0 Å². The molecule has 1 aliphatic rings. The molecule has 0 atom stereocenters. The van der Waals surface area contributed by atoms with Crippen LogP contribution in [0, 0.1) is 0 Å². The molecule has 194 valence electrons. The Hall–Kier alpha value is -5.46. The Morgan fingerprint density at radius 2 is 0.810 bits per heavy atom. The number of rotatable bonds is 3. The van der Waals surface area contributed by atoms with Gasteiger partial charge in [0.2, 0.25) is 0 Å². The molecule has 0 unspecified atom stereocenters. The molecule has 0 heteroatoms. The van der Waals surface area contributed by atoms with Crippen LogP contribution in [0.4, 0.5) is 0 Å². The van der Waals surface area contributed by atoms with E-state index < -0.39 is 0 Å². The fourth-order valence-electron chi connectivity index (χ4n) is 7.08. The lowest BCUT2D eigenvalue weighted by molar-refractivity contribution is 1.63. The lowest BCUT2D eigenvalue weighted by Gasteiger charge is -2.14. The number of hydrogen-bond acceptors (Lipinski definition) is 0. The zero-order chi connectivity index (χ0) is 27.6. The highest BCUT2D eigenvalue weighted by atomic mass is 14.3. The molecule has 9 rings (SSSR count). The molecule has 0 N–H and O–H groups in total. The van der Waals surface area contributed by atoms with Gasteiger partial charge in [0, 0.05) is 0 Å². The summed E-state index contributed by atoms with van der Waals surface area (Å²) in [5.74, 6) is 0. The minimum atomic E-state index is 1.24. The molecule has 42 heavy (non-hydrogen) atoms. The predicted molar refractivity (Wildman–Crippen MR) is 180 cm³/mol. The molecule has 0 heterocycles. The van der Waals surface area contributed by atoms with Gasteiger partial charge in [-0.1, -0.05) is 133 Å². The summed E-state index contributed by atoms with van der Waals surface area (Å²) in [4.78, 5) is 0. The van der Waals surface area contributed by atoms with Gasteiger partial charge >= 0.3 is 0 Å². The maximum Gasteiger partial charge on any atom is -0.00199 e. The Balaban J connectivity index is 1.36. The van der Waals surface area contributed by atoms with Gasteiger partial charge in [0.05, 0.1) is 0 Å². The van der Waals surface area contributed by atoms with Crippen molar-refractivity contribution >= 4 is 32.3 Å². The zero-order valence-electron chi connectivity index (χ0n) is 23.0. The first-order chi connectivity index (χ1) is 20.8. The molecule has 0 spiro atoms. The molecule has 0 saturated carbocycles. The van der Waals surface area contributed by atoms with Crippen LogP contribution in [0.3, 0.4) is 0 Å². The first-order valence-electron chi connectivity index (χ1n) is 14.6. The van der Waals surface area contributed by atoms with Crippen LogP contribution in [0.15, 0.2) is 158 Å². The third-order valence-electron chi connectivity index (χ3n) is 8.96. The largest absolute Gasteiger partial charge is 0.0622 e. The zero-order valence-corrected chi connectivity index (χ0v) is 23.0. The quantitative estimate of drug-likeness (QED) is 0.213. The predicted octanol–water partition coefficient (Wildman–Crippen LogP) is 11.8. The van der Waals surface area contributed by atoms with Crippen LogP contribution in [0.5, 0.6) is 0 Å². The second-order valence-electron chi connectivity index (χ2n) is 11.3. The van der Waals surface area contributed by atoms with E-state index in [4.69, 9.17) is 0 Å². The minimum absolute atomic E-state index is 1.24. The summed E-state index contributed by atoms with van der Waals surface area (Å²) in [5, 5.41) is 7.80. The van der Waals surface area contributed by atoms with E-state index in [1.165, 1.54) is 88.0 Å². The Morgan fingerprint density at radius 1 is 0.262 bits per heavy atom. The number of benzene rings is 8. The molecule has 0 radical (unpaired) electrons. The molecule has 0 aliphatic heterocycles. The van der Waals surface area contributed by atoms with Crippen LogP contribution in [0.1, 0.15) is 0 Å². The fraction of sp³-hybridized carbons (Fsp3) is 0. The summed E-state index contributed by atoms with van der Waals surface area (Å²) in [6.45, 7) is 0. The smallest absolute Gasteiger partial charge is 0.00199 e. The van der Waals surface area contributed by atoms with Gasteiger partial charge in [0.15, 0.2) is 0 Å². The van der Waals surface area contributed by atoms with Crippen molar-refractivity contribution in [3.8, 4) is 55.6 Å². The SMILES string of the molecule is c1ccc(-c2cc3c4c(cc(-c5ccc(-c6ccccc6)c6ccccc56)cc4c2)-c2ccc4ccccc4c2-3)cc1. The van der Waals surface area contributed by atoms with Crippen LogP contribution in [0.25, 0.3) is 88.0 Å². The molecule has 0 amide bonds. The summed E-state index contributed by atoms with van der Waals surface area (Å²) < 4.78 is 0. The second-order valence-corrected chi connectivity index (χ2v) is 11.3. The molecule has 0 fully saturated rings. The highest BCUT2D eigenvalue weighted by molar-refractivity contribution is 6.23. The van der Waals surface area contributed by atoms with Crippen molar-refractivity contribution in [2.24, 2.45) is 0 Å². The standard InChI is InChI=1S/C42H26/c1-3-11-27(12-4-1)30-23-32-24-31(34-22-21-33(28-13-5-2-6-14-28)36-17-9-10-18-37(34)36)26-39-38-20-19-29-15-7-8-16-35(29)42(38)40(25-30)41(32)39/h1-26H. The molecule has 8 aromatic carbocycles. The van der Waals surface area contributed by atoms with Gasteiger partial charge in [-0.05, 0) is 112 Å². The summed E-state index contributed by atoms with van der Waals surface area (Å²) in [5.41, 5.74) is 12.9. The van der Waals surface area contributed by atoms with Crippen molar-refractivity contribution in [3.05, 3.63) is 158 Å². The molecule has 1 aliphatic carbocycles. The van der Waals surface area contributed by atoms with Gasteiger partial charge in [0.1, 0.15) is 0 Å². The summed E-state index contributed by atoms with van der Waals surface area (Å²) in [6.07, 6.45) is 0. The maximum atomic E-state index is 2.43. The van der Waals surface area contributed by atoms with E-state index in [9.17, 15) is 0 Å². The Morgan fingerprint density at radius 3 is 1.55 bits per heavy atom. The van der Waals surface area contributed by atoms with Crippen molar-refractivity contribution in [3.63, 3.8) is 0 Å². The van der Waals surface area contributed by atoms with E-state index in [1.807, 2.05) is 0 Å². The second kappa shape index (κ2) is 9.03.